The number of carbonyl (C=O) groups excluding carboxylic acids is 1. The molecular formula is C11H17N5O3. The van der Waals surface area contributed by atoms with Crippen LogP contribution in [0.1, 0.15) is 26.1 Å². The maximum absolute atomic E-state index is 12.1. The van der Waals surface area contributed by atoms with Gasteiger partial charge in [0.05, 0.1) is 6.54 Å². The van der Waals surface area contributed by atoms with Crippen LogP contribution in [0.15, 0.2) is 6.33 Å². The number of aliphatic carboxylic acids is 1. The van der Waals surface area contributed by atoms with Crippen LogP contribution in [0, 0.1) is 0 Å². The van der Waals surface area contributed by atoms with E-state index in [2.05, 4.69) is 15.5 Å². The number of hydrogen-bond acceptors (Lipinski definition) is 4. The molecule has 0 radical (unpaired) electrons. The average molecular weight is 267 g/mol. The van der Waals surface area contributed by atoms with Gasteiger partial charge in [-0.1, -0.05) is 6.92 Å². The zero-order chi connectivity index (χ0) is 14.0. The highest BCUT2D eigenvalue weighted by Gasteiger charge is 2.35. The van der Waals surface area contributed by atoms with Crippen molar-refractivity contribution >= 4 is 12.0 Å². The lowest BCUT2D eigenvalue weighted by Gasteiger charge is -2.32. The number of hydrogen-bond donors (Lipinski definition) is 2. The second-order valence-corrected chi connectivity index (χ2v) is 4.78. The van der Waals surface area contributed by atoms with Crippen LogP contribution in [0.5, 0.6) is 0 Å². The number of carboxylic acid groups (broad SMARTS) is 1. The molecule has 1 aromatic rings. The van der Waals surface area contributed by atoms with Crippen LogP contribution in [0.4, 0.5) is 4.79 Å². The second kappa shape index (κ2) is 4.87. The van der Waals surface area contributed by atoms with Gasteiger partial charge in [0.2, 0.25) is 0 Å². The maximum Gasteiger partial charge on any atom is 0.329 e. The van der Waals surface area contributed by atoms with Gasteiger partial charge in [0.1, 0.15) is 11.9 Å². The van der Waals surface area contributed by atoms with Crippen LogP contribution in [0.3, 0.4) is 0 Å². The van der Waals surface area contributed by atoms with Gasteiger partial charge >= 0.3 is 12.0 Å². The van der Waals surface area contributed by atoms with E-state index in [1.54, 1.807) is 18.2 Å². The Balaban J connectivity index is 2.04. The number of amides is 2. The van der Waals surface area contributed by atoms with Gasteiger partial charge in [0.15, 0.2) is 5.82 Å². The van der Waals surface area contributed by atoms with Gasteiger partial charge in [-0.2, -0.15) is 0 Å². The molecule has 104 valence electrons. The summed E-state index contributed by atoms with van der Waals surface area (Å²) in [5, 5.41) is 19.4. The molecule has 0 fully saturated rings. The van der Waals surface area contributed by atoms with Gasteiger partial charge in [-0.25, -0.2) is 9.59 Å². The van der Waals surface area contributed by atoms with Crippen molar-refractivity contribution in [1.82, 2.24) is 25.0 Å². The van der Waals surface area contributed by atoms with Crippen molar-refractivity contribution in [3.05, 3.63) is 12.2 Å². The molecule has 2 rings (SSSR count). The van der Waals surface area contributed by atoms with Crippen LogP contribution >= 0.6 is 0 Å². The first kappa shape index (κ1) is 13.3. The first-order chi connectivity index (χ1) is 8.96. The van der Waals surface area contributed by atoms with E-state index >= 15 is 0 Å². The third kappa shape index (κ3) is 2.51. The van der Waals surface area contributed by atoms with Crippen molar-refractivity contribution in [3.8, 4) is 0 Å². The van der Waals surface area contributed by atoms with E-state index in [1.807, 2.05) is 4.57 Å². The van der Waals surface area contributed by atoms with Gasteiger partial charge in [-0.15, -0.1) is 10.2 Å². The molecule has 0 spiro atoms. The van der Waals surface area contributed by atoms with E-state index in [0.717, 1.165) is 0 Å². The summed E-state index contributed by atoms with van der Waals surface area (Å²) < 4.78 is 1.87. The van der Waals surface area contributed by atoms with Crippen molar-refractivity contribution in [2.75, 3.05) is 6.54 Å². The number of fused-ring (bicyclic) bond motifs is 1. The predicted molar refractivity (Wildman–Crippen MR) is 65.3 cm³/mol. The Kier molecular flexibility index (Phi) is 3.41. The van der Waals surface area contributed by atoms with Gasteiger partial charge in [-0.05, 0) is 13.3 Å². The van der Waals surface area contributed by atoms with Crippen LogP contribution in [0.2, 0.25) is 0 Å². The first-order valence-corrected chi connectivity index (χ1v) is 6.13. The van der Waals surface area contributed by atoms with Crippen molar-refractivity contribution in [3.63, 3.8) is 0 Å². The molecule has 2 amide bonds. The minimum atomic E-state index is -1.25. The lowest BCUT2D eigenvalue weighted by molar-refractivity contribution is -0.143. The van der Waals surface area contributed by atoms with Crippen LogP contribution in [-0.2, 0) is 17.9 Å². The Morgan fingerprint density at radius 2 is 2.26 bits per heavy atom. The van der Waals surface area contributed by atoms with Crippen LogP contribution < -0.4 is 5.32 Å². The van der Waals surface area contributed by atoms with Gasteiger partial charge in [0.25, 0.3) is 0 Å². The summed E-state index contributed by atoms with van der Waals surface area (Å²) in [6.07, 6.45) is 1.94. The topological polar surface area (TPSA) is 100 Å². The average Bonchev–Trinajstić information content (AvgIpc) is 2.85. The highest BCUT2D eigenvalue weighted by atomic mass is 16.4. The minimum Gasteiger partial charge on any atom is -0.480 e. The summed E-state index contributed by atoms with van der Waals surface area (Å²) in [5.74, 6) is -0.335. The normalized spacial score (nSPS) is 17.5. The molecule has 8 nitrogen and oxygen atoms in total. The third-order valence-corrected chi connectivity index (χ3v) is 3.49. The molecule has 19 heavy (non-hydrogen) atoms. The molecule has 1 atom stereocenters. The lowest BCUT2D eigenvalue weighted by atomic mass is 10.00. The summed E-state index contributed by atoms with van der Waals surface area (Å²) in [6.45, 7) is 4.69. The molecule has 0 aromatic carbocycles. The minimum absolute atomic E-state index is 0.318. The Morgan fingerprint density at radius 3 is 2.89 bits per heavy atom. The molecule has 1 unspecified atom stereocenters. The molecule has 1 aliphatic rings. The molecule has 2 heterocycles. The maximum atomic E-state index is 12.1. The quantitative estimate of drug-likeness (QED) is 0.806. The summed E-state index contributed by atoms with van der Waals surface area (Å²) in [6, 6.07) is -0.388. The summed E-state index contributed by atoms with van der Waals surface area (Å²) in [4.78, 5) is 24.8. The molecular weight excluding hydrogens is 250 g/mol. The number of carbonyl (C=O) groups is 2. The predicted octanol–water partition coefficient (Wildman–Crippen LogP) is 0.0566. The summed E-state index contributed by atoms with van der Waals surface area (Å²) in [5.41, 5.74) is -1.25. The molecule has 0 aliphatic carbocycles. The highest BCUT2D eigenvalue weighted by molar-refractivity contribution is 5.85. The number of nitrogens with one attached hydrogen (secondary N) is 1. The van der Waals surface area contributed by atoms with Gasteiger partial charge in [-0.3, -0.25) is 0 Å². The van der Waals surface area contributed by atoms with E-state index in [4.69, 9.17) is 5.11 Å². The van der Waals surface area contributed by atoms with Gasteiger partial charge in [0, 0.05) is 13.1 Å². The number of urea groups is 1. The Hall–Kier alpha value is -2.12. The summed E-state index contributed by atoms with van der Waals surface area (Å²) in [7, 11) is 0. The van der Waals surface area contributed by atoms with E-state index in [0.29, 0.717) is 31.9 Å². The van der Waals surface area contributed by atoms with Crippen LogP contribution in [0.25, 0.3) is 0 Å². The molecule has 1 aromatic heterocycles. The Bertz CT molecular complexity index is 500. The SMILES string of the molecule is CCC(C)(NC(=O)N1CCn2cnnc2C1)C(=O)O. The molecule has 0 saturated carbocycles. The molecule has 8 heteroatoms. The van der Waals surface area contributed by atoms with Gasteiger partial charge < -0.3 is 19.9 Å². The zero-order valence-electron chi connectivity index (χ0n) is 11.0. The monoisotopic (exact) mass is 267 g/mol. The second-order valence-electron chi connectivity index (χ2n) is 4.78. The summed E-state index contributed by atoms with van der Waals surface area (Å²) >= 11 is 0. The van der Waals surface area contributed by atoms with Crippen LogP contribution in [-0.4, -0.2) is 48.9 Å². The molecule has 0 saturated heterocycles. The number of carboxylic acids is 1. The van der Waals surface area contributed by atoms with Crippen molar-refractivity contribution in [2.45, 2.75) is 38.9 Å². The number of aromatic nitrogens is 3. The van der Waals surface area contributed by atoms with E-state index < -0.39 is 11.5 Å². The Labute approximate surface area is 110 Å². The number of nitrogens with zero attached hydrogens (tertiary/aromatic N) is 4. The molecule has 0 bridgehead atoms. The zero-order valence-corrected chi connectivity index (χ0v) is 11.0. The van der Waals surface area contributed by atoms with Crippen molar-refractivity contribution < 1.29 is 14.7 Å². The van der Waals surface area contributed by atoms with E-state index in [-0.39, 0.29) is 6.03 Å². The smallest absolute Gasteiger partial charge is 0.329 e. The Morgan fingerprint density at radius 1 is 1.53 bits per heavy atom. The highest BCUT2D eigenvalue weighted by Crippen LogP contribution is 2.13. The van der Waals surface area contributed by atoms with E-state index in [1.165, 1.54) is 6.92 Å². The lowest BCUT2D eigenvalue weighted by Crippen LogP contribution is -2.56. The molecule has 2 N–H and O–H groups in total. The fraction of sp³-hybridized carbons (Fsp3) is 0.636. The molecule has 1 aliphatic heterocycles. The fourth-order valence-corrected chi connectivity index (χ4v) is 1.85. The van der Waals surface area contributed by atoms with E-state index in [9.17, 15) is 9.59 Å². The first-order valence-electron chi connectivity index (χ1n) is 6.13. The van der Waals surface area contributed by atoms with Crippen molar-refractivity contribution in [2.24, 2.45) is 0 Å². The number of rotatable bonds is 3. The fourth-order valence-electron chi connectivity index (χ4n) is 1.85. The standard InChI is InChI=1S/C11H17N5O3/c1-3-11(2,9(17)18)13-10(19)15-4-5-16-7-12-14-8(16)6-15/h7H,3-6H2,1-2H3,(H,13,19)(H,17,18). The largest absolute Gasteiger partial charge is 0.480 e. The third-order valence-electron chi connectivity index (χ3n) is 3.49. The van der Waals surface area contributed by atoms with Crippen molar-refractivity contribution in [1.29, 1.82) is 0 Å².